The van der Waals surface area contributed by atoms with Crippen molar-refractivity contribution in [1.82, 2.24) is 10.4 Å². The number of hydroxylamine groups is 2. The van der Waals surface area contributed by atoms with E-state index < -0.39 is 6.17 Å². The minimum atomic E-state index is -0.408. The summed E-state index contributed by atoms with van der Waals surface area (Å²) in [5, 5.41) is 15.3. The van der Waals surface area contributed by atoms with Crippen molar-refractivity contribution in [1.29, 1.82) is 0 Å². The van der Waals surface area contributed by atoms with E-state index in [2.05, 4.69) is 5.32 Å². The molecule has 2 aliphatic rings. The van der Waals surface area contributed by atoms with E-state index in [0.717, 1.165) is 5.06 Å². The van der Waals surface area contributed by atoms with Gasteiger partial charge in [0.1, 0.15) is 0 Å². The van der Waals surface area contributed by atoms with Crippen LogP contribution in [0, 0.1) is 11.1 Å². The molecule has 0 spiro atoms. The number of rotatable bonds is 0. The summed E-state index contributed by atoms with van der Waals surface area (Å²) in [6.45, 7) is 2.01. The zero-order valence-electron chi connectivity index (χ0n) is 6.40. The van der Waals surface area contributed by atoms with Gasteiger partial charge in [-0.05, 0) is 5.92 Å². The predicted molar refractivity (Wildman–Crippen MR) is 41.0 cm³/mol. The molecule has 2 aliphatic heterocycles. The molecule has 0 aromatic carbocycles. The van der Waals surface area contributed by atoms with E-state index in [-0.39, 0.29) is 24.2 Å². The van der Waals surface area contributed by atoms with E-state index in [0.29, 0.717) is 0 Å². The Hall–Kier alpha value is -0.200. The Bertz CT molecular complexity index is 172. The van der Waals surface area contributed by atoms with Gasteiger partial charge in [-0.1, -0.05) is 6.92 Å². The van der Waals surface area contributed by atoms with Gasteiger partial charge in [0.15, 0.2) is 0 Å². The first-order chi connectivity index (χ1) is 5.13. The molecule has 0 aromatic heterocycles. The van der Waals surface area contributed by atoms with Crippen LogP contribution in [0.2, 0.25) is 0 Å². The van der Waals surface area contributed by atoms with Gasteiger partial charge in [0, 0.05) is 12.1 Å². The Morgan fingerprint density at radius 1 is 1.45 bits per heavy atom. The molecule has 5 N–H and O–H groups in total. The molecule has 0 aromatic rings. The molecule has 0 amide bonds. The molecule has 3 unspecified atom stereocenters. The van der Waals surface area contributed by atoms with E-state index in [1.807, 2.05) is 6.92 Å². The number of nitrogens with two attached hydrogens (primary N) is 2. The van der Waals surface area contributed by atoms with Gasteiger partial charge in [0.25, 0.3) is 0 Å². The normalized spacial score (nSPS) is 57.3. The van der Waals surface area contributed by atoms with Gasteiger partial charge in [-0.15, -0.1) is 0 Å². The largest absolute Gasteiger partial charge is 0.784 e. The molecular weight excluding hydrogens is 144 g/mol. The second-order valence-corrected chi connectivity index (χ2v) is 3.42. The Morgan fingerprint density at radius 2 is 2.09 bits per heavy atom. The van der Waals surface area contributed by atoms with E-state index in [4.69, 9.17) is 11.5 Å². The third-order valence-corrected chi connectivity index (χ3v) is 2.81. The van der Waals surface area contributed by atoms with Gasteiger partial charge >= 0.3 is 0 Å². The third-order valence-electron chi connectivity index (χ3n) is 2.81. The highest BCUT2D eigenvalue weighted by Gasteiger charge is 2.49. The number of hydrogen-bond acceptors (Lipinski definition) is 5. The molecule has 2 bridgehead atoms. The minimum absolute atomic E-state index is 0.0764. The predicted octanol–water partition coefficient (Wildman–Crippen LogP) is -1.65. The average Bonchev–Trinajstić information content (AvgIpc) is 2.31. The summed E-state index contributed by atoms with van der Waals surface area (Å²) in [4.78, 5) is 0. The summed E-state index contributed by atoms with van der Waals surface area (Å²) < 4.78 is 0. The van der Waals surface area contributed by atoms with Crippen molar-refractivity contribution >= 4 is 0 Å². The lowest BCUT2D eigenvalue weighted by atomic mass is 10.0. The molecule has 2 rings (SSSR count). The standard InChI is InChI=1S/C6H13N4O/c1-2-3-6(8)10(11)4(2)5(7)9-3/h2-6,9H,7-8H2,1H3/q-1/t2-,3?,4-,5?,6?/m0/s1. The second-order valence-electron chi connectivity index (χ2n) is 3.42. The van der Waals surface area contributed by atoms with Crippen molar-refractivity contribution in [2.75, 3.05) is 0 Å². The van der Waals surface area contributed by atoms with Crippen LogP contribution in [0.15, 0.2) is 0 Å². The van der Waals surface area contributed by atoms with E-state index in [1.165, 1.54) is 0 Å². The summed E-state index contributed by atoms with van der Waals surface area (Å²) in [7, 11) is 0. The topological polar surface area (TPSA) is 90.4 Å². The van der Waals surface area contributed by atoms with Gasteiger partial charge in [-0.2, -0.15) is 0 Å². The zero-order valence-corrected chi connectivity index (χ0v) is 6.40. The zero-order chi connectivity index (χ0) is 8.17. The fraction of sp³-hybridized carbons (Fsp3) is 1.00. The van der Waals surface area contributed by atoms with Crippen molar-refractivity contribution < 1.29 is 0 Å². The summed E-state index contributed by atoms with van der Waals surface area (Å²) >= 11 is 0. The number of piperazine rings is 1. The fourth-order valence-corrected chi connectivity index (χ4v) is 2.17. The third kappa shape index (κ3) is 0.771. The first kappa shape index (κ1) is 7.45. The molecule has 11 heavy (non-hydrogen) atoms. The molecular formula is C6H13N4O-. The van der Waals surface area contributed by atoms with E-state index in [1.54, 1.807) is 0 Å². The van der Waals surface area contributed by atoms with Crippen LogP contribution in [0.5, 0.6) is 0 Å². The molecule has 2 heterocycles. The van der Waals surface area contributed by atoms with Gasteiger partial charge in [-0.25, -0.2) is 0 Å². The van der Waals surface area contributed by atoms with Gasteiger partial charge < -0.3 is 21.7 Å². The van der Waals surface area contributed by atoms with Gasteiger partial charge in [-0.3, -0.25) is 5.32 Å². The van der Waals surface area contributed by atoms with Crippen LogP contribution in [-0.4, -0.2) is 29.5 Å². The minimum Gasteiger partial charge on any atom is -0.784 e. The molecule has 0 aliphatic carbocycles. The lowest BCUT2D eigenvalue weighted by Gasteiger charge is -2.41. The maximum atomic E-state index is 11.3. The van der Waals surface area contributed by atoms with E-state index in [9.17, 15) is 5.21 Å². The molecule has 2 saturated heterocycles. The molecule has 5 nitrogen and oxygen atoms in total. The van der Waals surface area contributed by atoms with Gasteiger partial charge in [0.2, 0.25) is 0 Å². The van der Waals surface area contributed by atoms with E-state index >= 15 is 0 Å². The number of nitrogens with zero attached hydrogens (tertiary/aromatic N) is 1. The average molecular weight is 157 g/mol. The van der Waals surface area contributed by atoms with Crippen LogP contribution in [-0.2, 0) is 0 Å². The summed E-state index contributed by atoms with van der Waals surface area (Å²) in [6.07, 6.45) is -0.609. The highest BCUT2D eigenvalue weighted by Crippen LogP contribution is 2.33. The monoisotopic (exact) mass is 157 g/mol. The Kier molecular flexibility index (Phi) is 1.45. The van der Waals surface area contributed by atoms with Crippen molar-refractivity contribution in [2.45, 2.75) is 31.3 Å². The Balaban J connectivity index is 2.24. The first-order valence-electron chi connectivity index (χ1n) is 3.85. The van der Waals surface area contributed by atoms with Crippen LogP contribution in [0.25, 0.3) is 0 Å². The maximum absolute atomic E-state index is 11.3. The molecule has 5 atom stereocenters. The van der Waals surface area contributed by atoms with Crippen LogP contribution in [0.4, 0.5) is 0 Å². The first-order valence-corrected chi connectivity index (χ1v) is 3.85. The Labute approximate surface area is 65.3 Å². The van der Waals surface area contributed by atoms with Crippen molar-refractivity contribution in [2.24, 2.45) is 17.4 Å². The lowest BCUT2D eigenvalue weighted by Crippen LogP contribution is -2.60. The molecule has 0 radical (unpaired) electrons. The molecule has 0 saturated carbocycles. The molecule has 64 valence electrons. The van der Waals surface area contributed by atoms with Crippen LogP contribution < -0.4 is 16.8 Å². The quantitative estimate of drug-likeness (QED) is 0.392. The SMILES string of the molecule is C[C@H]1C2NC(N)[C@H]1N([O-])C2N. The van der Waals surface area contributed by atoms with Crippen molar-refractivity contribution in [3.63, 3.8) is 0 Å². The van der Waals surface area contributed by atoms with Gasteiger partial charge in [0.05, 0.1) is 12.3 Å². The molecule has 2 fully saturated rings. The smallest absolute Gasteiger partial charge is 0.0704 e. The number of nitrogens with one attached hydrogen (secondary N) is 1. The summed E-state index contributed by atoms with van der Waals surface area (Å²) in [6, 6.07) is -0.0532. The Morgan fingerprint density at radius 3 is 2.45 bits per heavy atom. The van der Waals surface area contributed by atoms with Crippen molar-refractivity contribution in [3.8, 4) is 0 Å². The van der Waals surface area contributed by atoms with Crippen LogP contribution in [0.3, 0.4) is 0 Å². The van der Waals surface area contributed by atoms with Crippen molar-refractivity contribution in [3.05, 3.63) is 5.21 Å². The lowest BCUT2D eigenvalue weighted by molar-refractivity contribution is 0.184. The summed E-state index contributed by atoms with van der Waals surface area (Å²) in [5.41, 5.74) is 11.3. The molecule has 5 heteroatoms. The second kappa shape index (κ2) is 2.15. The number of fused-ring (bicyclic) bond motifs is 2. The fourth-order valence-electron chi connectivity index (χ4n) is 2.17. The summed E-state index contributed by atoms with van der Waals surface area (Å²) in [5.74, 6) is 0.275. The van der Waals surface area contributed by atoms with Crippen LogP contribution >= 0.6 is 0 Å². The maximum Gasteiger partial charge on any atom is 0.0704 e. The van der Waals surface area contributed by atoms with Crippen LogP contribution in [0.1, 0.15) is 6.92 Å². The highest BCUT2D eigenvalue weighted by molar-refractivity contribution is 5.10. The number of hydrogen-bond donors (Lipinski definition) is 3. The highest BCUT2D eigenvalue weighted by atomic mass is 16.5.